The number of nitrogens with one attached hydrogen (secondary N) is 1. The number of hydrogen-bond donors (Lipinski definition) is 1. The van der Waals surface area contributed by atoms with E-state index in [0.29, 0.717) is 11.7 Å². The average Bonchev–Trinajstić information content (AvgIpc) is 3.01. The lowest BCUT2D eigenvalue weighted by Gasteiger charge is -2.26. The Balaban J connectivity index is 1.43. The number of aryl methyl sites for hydroxylation is 1. The zero-order valence-electron chi connectivity index (χ0n) is 16.8. The Morgan fingerprint density at radius 2 is 1.74 bits per heavy atom. The summed E-state index contributed by atoms with van der Waals surface area (Å²) in [7, 11) is 0. The van der Waals surface area contributed by atoms with E-state index in [-0.39, 0.29) is 0 Å². The van der Waals surface area contributed by atoms with Gasteiger partial charge in [0.05, 0.1) is 0 Å². The third-order valence-corrected chi connectivity index (χ3v) is 6.01. The maximum Gasteiger partial charge on any atom is 0.232 e. The summed E-state index contributed by atoms with van der Waals surface area (Å²) in [4.78, 5) is 11.6. The molecular weight excluding hydrogens is 334 g/mol. The summed E-state index contributed by atoms with van der Waals surface area (Å²) >= 11 is 0. The first-order chi connectivity index (χ1) is 13.3. The molecule has 5 heteroatoms. The fourth-order valence-electron chi connectivity index (χ4n) is 4.42. The maximum absolute atomic E-state index is 9.31. The van der Waals surface area contributed by atoms with Gasteiger partial charge in [0.1, 0.15) is 6.07 Å². The van der Waals surface area contributed by atoms with Crippen molar-refractivity contribution in [1.82, 2.24) is 20.2 Å². The van der Waals surface area contributed by atoms with Crippen molar-refractivity contribution in [2.45, 2.75) is 76.5 Å². The summed E-state index contributed by atoms with van der Waals surface area (Å²) in [5.74, 6) is 0.869. The molecule has 1 saturated heterocycles. The SMILES string of the molecule is N#Cc1nc(CCCNCCN2CCCCC2)cc(C2CCCCCC2)n1. The van der Waals surface area contributed by atoms with Crippen molar-refractivity contribution in [3.63, 3.8) is 0 Å². The van der Waals surface area contributed by atoms with Crippen LogP contribution in [0.2, 0.25) is 0 Å². The largest absolute Gasteiger partial charge is 0.315 e. The molecule has 1 N–H and O–H groups in total. The number of piperidine rings is 1. The van der Waals surface area contributed by atoms with Crippen molar-refractivity contribution in [2.24, 2.45) is 0 Å². The second kappa shape index (κ2) is 11.4. The van der Waals surface area contributed by atoms with Gasteiger partial charge in [0.2, 0.25) is 5.82 Å². The minimum atomic E-state index is 0.352. The van der Waals surface area contributed by atoms with E-state index in [1.54, 1.807) is 0 Å². The molecule has 2 aliphatic rings. The molecule has 0 unspecified atom stereocenters. The maximum atomic E-state index is 9.31. The van der Waals surface area contributed by atoms with E-state index in [0.717, 1.165) is 43.9 Å². The molecule has 2 fully saturated rings. The Morgan fingerprint density at radius 1 is 1.00 bits per heavy atom. The Hall–Kier alpha value is -1.51. The molecule has 0 spiro atoms. The third kappa shape index (κ3) is 6.86. The Kier molecular flexibility index (Phi) is 8.51. The molecule has 5 nitrogen and oxygen atoms in total. The van der Waals surface area contributed by atoms with Crippen LogP contribution in [0.5, 0.6) is 0 Å². The Labute approximate surface area is 164 Å². The highest BCUT2D eigenvalue weighted by Gasteiger charge is 2.17. The van der Waals surface area contributed by atoms with Gasteiger partial charge in [0.25, 0.3) is 0 Å². The van der Waals surface area contributed by atoms with Crippen molar-refractivity contribution in [3.05, 3.63) is 23.3 Å². The van der Waals surface area contributed by atoms with E-state index in [4.69, 9.17) is 0 Å². The second-order valence-corrected chi connectivity index (χ2v) is 8.16. The molecule has 0 atom stereocenters. The molecule has 0 aromatic carbocycles. The minimum Gasteiger partial charge on any atom is -0.315 e. The topological polar surface area (TPSA) is 64.8 Å². The van der Waals surface area contributed by atoms with Gasteiger partial charge in [-0.05, 0) is 64.2 Å². The van der Waals surface area contributed by atoms with E-state index in [1.807, 2.05) is 0 Å². The van der Waals surface area contributed by atoms with Crippen molar-refractivity contribution in [2.75, 3.05) is 32.7 Å². The summed E-state index contributed by atoms with van der Waals surface area (Å²) in [6.45, 7) is 5.78. The first-order valence-corrected chi connectivity index (χ1v) is 11.1. The van der Waals surface area contributed by atoms with Crippen LogP contribution in [0.15, 0.2) is 6.07 Å². The van der Waals surface area contributed by atoms with Crippen LogP contribution in [0.1, 0.15) is 87.3 Å². The third-order valence-electron chi connectivity index (χ3n) is 6.01. The smallest absolute Gasteiger partial charge is 0.232 e. The quantitative estimate of drug-likeness (QED) is 0.558. The van der Waals surface area contributed by atoms with E-state index in [1.165, 1.54) is 70.9 Å². The van der Waals surface area contributed by atoms with Gasteiger partial charge in [0.15, 0.2) is 0 Å². The highest BCUT2D eigenvalue weighted by Crippen LogP contribution is 2.30. The molecule has 1 aliphatic heterocycles. The normalized spacial score (nSPS) is 19.5. The lowest BCUT2D eigenvalue weighted by molar-refractivity contribution is 0.229. The molecule has 1 aromatic rings. The van der Waals surface area contributed by atoms with Gasteiger partial charge in [0, 0.05) is 30.4 Å². The predicted octanol–water partition coefficient (Wildman–Crippen LogP) is 3.79. The van der Waals surface area contributed by atoms with Gasteiger partial charge in [-0.15, -0.1) is 0 Å². The van der Waals surface area contributed by atoms with Gasteiger partial charge in [-0.25, -0.2) is 9.97 Å². The van der Waals surface area contributed by atoms with E-state index < -0.39 is 0 Å². The number of aromatic nitrogens is 2. The fourth-order valence-corrected chi connectivity index (χ4v) is 4.42. The molecule has 0 amide bonds. The first-order valence-electron chi connectivity index (χ1n) is 11.1. The zero-order valence-corrected chi connectivity index (χ0v) is 16.8. The van der Waals surface area contributed by atoms with Crippen molar-refractivity contribution >= 4 is 0 Å². The number of nitriles is 1. The lowest BCUT2D eigenvalue weighted by atomic mass is 9.95. The van der Waals surface area contributed by atoms with Crippen LogP contribution in [0.4, 0.5) is 0 Å². The van der Waals surface area contributed by atoms with Gasteiger partial charge in [-0.2, -0.15) is 5.26 Å². The average molecular weight is 370 g/mol. The van der Waals surface area contributed by atoms with E-state index >= 15 is 0 Å². The standard InChI is InChI=1S/C22H35N5/c23-18-22-25-20(17-21(26-22)19-9-4-1-2-5-10-19)11-8-12-24-13-16-27-14-6-3-7-15-27/h17,19,24H,1-16H2. The molecule has 148 valence electrons. The molecule has 3 rings (SSSR count). The van der Waals surface area contributed by atoms with Gasteiger partial charge >= 0.3 is 0 Å². The van der Waals surface area contributed by atoms with Crippen LogP contribution in [-0.4, -0.2) is 47.6 Å². The van der Waals surface area contributed by atoms with Crippen LogP contribution < -0.4 is 5.32 Å². The van der Waals surface area contributed by atoms with Crippen molar-refractivity contribution < 1.29 is 0 Å². The zero-order chi connectivity index (χ0) is 18.7. The number of rotatable bonds is 8. The molecule has 0 bridgehead atoms. The summed E-state index contributed by atoms with van der Waals surface area (Å²) in [6.07, 6.45) is 13.8. The van der Waals surface area contributed by atoms with E-state index in [2.05, 4.69) is 32.3 Å². The molecule has 1 aliphatic carbocycles. The molecule has 0 radical (unpaired) electrons. The Morgan fingerprint density at radius 3 is 2.48 bits per heavy atom. The highest BCUT2D eigenvalue weighted by molar-refractivity contribution is 5.21. The fraction of sp³-hybridized carbons (Fsp3) is 0.773. The van der Waals surface area contributed by atoms with E-state index in [9.17, 15) is 5.26 Å². The second-order valence-electron chi connectivity index (χ2n) is 8.16. The molecular formula is C22H35N5. The van der Waals surface area contributed by atoms with Crippen LogP contribution in [0.25, 0.3) is 0 Å². The number of nitrogens with zero attached hydrogens (tertiary/aromatic N) is 4. The first kappa shape index (κ1) is 20.2. The van der Waals surface area contributed by atoms with Crippen LogP contribution in [0.3, 0.4) is 0 Å². The predicted molar refractivity (Wildman–Crippen MR) is 109 cm³/mol. The highest BCUT2D eigenvalue weighted by atomic mass is 15.1. The van der Waals surface area contributed by atoms with Gasteiger partial charge < -0.3 is 10.2 Å². The monoisotopic (exact) mass is 369 g/mol. The number of likely N-dealkylation sites (tertiary alicyclic amines) is 1. The minimum absolute atomic E-state index is 0.352. The van der Waals surface area contributed by atoms with Crippen LogP contribution in [0, 0.1) is 11.3 Å². The molecule has 1 aromatic heterocycles. The summed E-state index contributed by atoms with van der Waals surface area (Å²) in [6, 6.07) is 4.34. The summed E-state index contributed by atoms with van der Waals surface area (Å²) in [5, 5.41) is 12.9. The van der Waals surface area contributed by atoms with Gasteiger partial charge in [-0.3, -0.25) is 0 Å². The van der Waals surface area contributed by atoms with Crippen molar-refractivity contribution in [3.8, 4) is 6.07 Å². The van der Waals surface area contributed by atoms with Crippen molar-refractivity contribution in [1.29, 1.82) is 5.26 Å². The molecule has 1 saturated carbocycles. The van der Waals surface area contributed by atoms with Gasteiger partial charge in [-0.1, -0.05) is 32.1 Å². The summed E-state index contributed by atoms with van der Waals surface area (Å²) in [5.41, 5.74) is 2.15. The lowest BCUT2D eigenvalue weighted by Crippen LogP contribution is -2.36. The molecule has 27 heavy (non-hydrogen) atoms. The van der Waals surface area contributed by atoms with Crippen LogP contribution >= 0.6 is 0 Å². The summed E-state index contributed by atoms with van der Waals surface area (Å²) < 4.78 is 0. The number of hydrogen-bond acceptors (Lipinski definition) is 5. The van der Waals surface area contributed by atoms with Crippen LogP contribution in [-0.2, 0) is 6.42 Å². The molecule has 2 heterocycles. The Bertz CT molecular complexity index is 595.